The Morgan fingerprint density at radius 3 is 2.04 bits per heavy atom. The molecule has 25 heavy (non-hydrogen) atoms. The van der Waals surface area contributed by atoms with Gasteiger partial charge in [-0.2, -0.15) is 22.0 Å². The van der Waals surface area contributed by atoms with Crippen molar-refractivity contribution in [3.8, 4) is 5.75 Å². The van der Waals surface area contributed by atoms with E-state index in [1.54, 1.807) is 0 Å². The average molecular weight is 360 g/mol. The lowest BCUT2D eigenvalue weighted by Crippen LogP contribution is -2.21. The van der Waals surface area contributed by atoms with Crippen LogP contribution in [0.1, 0.15) is 5.56 Å². The molecule has 0 bridgehead atoms. The summed E-state index contributed by atoms with van der Waals surface area (Å²) in [4.78, 5) is 11.8. The summed E-state index contributed by atoms with van der Waals surface area (Å²) in [5, 5.41) is 5.18. The highest BCUT2D eigenvalue weighted by atomic mass is 19.4. The van der Waals surface area contributed by atoms with E-state index in [2.05, 4.69) is 15.4 Å². The fraction of sp³-hybridized carbons (Fsp3) is 0.188. The predicted molar refractivity (Wildman–Crippen MR) is 81.6 cm³/mol. The number of benzene rings is 2. The maximum Gasteiger partial charge on any atom is 0.416 e. The van der Waals surface area contributed by atoms with Gasteiger partial charge in [0.25, 0.3) is 0 Å². The molecule has 0 saturated carbocycles. The molecule has 0 saturated heterocycles. The van der Waals surface area contributed by atoms with E-state index >= 15 is 0 Å². The van der Waals surface area contributed by atoms with Gasteiger partial charge in [-0.15, -0.1) is 0 Å². The Labute approximate surface area is 139 Å². The van der Waals surface area contributed by atoms with Crippen LogP contribution in [-0.2, 0) is 11.0 Å². The molecular weight excluding hydrogens is 347 g/mol. The second kappa shape index (κ2) is 7.82. The summed E-state index contributed by atoms with van der Waals surface area (Å²) in [7, 11) is 0. The summed E-state index contributed by atoms with van der Waals surface area (Å²) >= 11 is 0. The van der Waals surface area contributed by atoms with E-state index in [1.165, 1.54) is 36.4 Å². The van der Waals surface area contributed by atoms with Gasteiger partial charge in [0.1, 0.15) is 5.75 Å². The number of rotatable bonds is 6. The van der Waals surface area contributed by atoms with Gasteiger partial charge in [-0.05, 0) is 48.5 Å². The molecule has 0 unspecified atom stereocenters. The Morgan fingerprint density at radius 2 is 1.52 bits per heavy atom. The predicted octanol–water partition coefficient (Wildman–Crippen LogP) is 4.36. The molecule has 1 amide bonds. The highest BCUT2D eigenvalue weighted by Crippen LogP contribution is 2.29. The Balaban J connectivity index is 1.84. The maximum atomic E-state index is 12.4. The minimum Gasteiger partial charge on any atom is -0.435 e. The van der Waals surface area contributed by atoms with E-state index in [-0.39, 0.29) is 12.3 Å². The minimum atomic E-state index is -4.42. The van der Waals surface area contributed by atoms with Crippen LogP contribution in [0.5, 0.6) is 5.75 Å². The maximum absolute atomic E-state index is 12.4. The van der Waals surface area contributed by atoms with E-state index in [9.17, 15) is 26.7 Å². The molecule has 0 aliphatic carbocycles. The first-order valence-electron chi connectivity index (χ1n) is 7.00. The lowest BCUT2D eigenvalue weighted by molar-refractivity contribution is -0.137. The van der Waals surface area contributed by atoms with Crippen molar-refractivity contribution in [2.75, 3.05) is 17.2 Å². The van der Waals surface area contributed by atoms with Gasteiger partial charge in [-0.3, -0.25) is 4.79 Å². The second-order valence-electron chi connectivity index (χ2n) is 4.88. The molecule has 0 aromatic heterocycles. The van der Waals surface area contributed by atoms with E-state index in [0.717, 1.165) is 12.1 Å². The van der Waals surface area contributed by atoms with Crippen LogP contribution in [0, 0.1) is 0 Å². The molecule has 134 valence electrons. The number of amides is 1. The molecule has 2 aromatic rings. The van der Waals surface area contributed by atoms with Gasteiger partial charge in [0.15, 0.2) is 0 Å². The van der Waals surface area contributed by atoms with Gasteiger partial charge in [0, 0.05) is 11.4 Å². The number of hydrogen-bond acceptors (Lipinski definition) is 3. The molecule has 2 N–H and O–H groups in total. The number of halogens is 5. The van der Waals surface area contributed by atoms with Gasteiger partial charge < -0.3 is 15.4 Å². The lowest BCUT2D eigenvalue weighted by Gasteiger charge is -2.10. The summed E-state index contributed by atoms with van der Waals surface area (Å²) in [5.74, 6) is -0.502. The first-order valence-corrected chi connectivity index (χ1v) is 7.00. The van der Waals surface area contributed by atoms with Crippen LogP contribution in [-0.4, -0.2) is 19.1 Å². The molecule has 2 aromatic carbocycles. The normalized spacial score (nSPS) is 11.3. The van der Waals surface area contributed by atoms with Gasteiger partial charge in [-0.25, -0.2) is 0 Å². The monoisotopic (exact) mass is 360 g/mol. The Hall–Kier alpha value is -2.84. The Morgan fingerprint density at radius 1 is 0.960 bits per heavy atom. The van der Waals surface area contributed by atoms with Crippen molar-refractivity contribution in [2.45, 2.75) is 12.8 Å². The van der Waals surface area contributed by atoms with E-state index in [1.807, 2.05) is 0 Å². The van der Waals surface area contributed by atoms with Crippen molar-refractivity contribution in [3.05, 3.63) is 54.1 Å². The number of carbonyl (C=O) groups is 1. The number of ether oxygens (including phenoxy) is 1. The third kappa shape index (κ3) is 5.94. The molecule has 0 heterocycles. The van der Waals surface area contributed by atoms with Crippen LogP contribution >= 0.6 is 0 Å². The van der Waals surface area contributed by atoms with Crippen molar-refractivity contribution in [1.82, 2.24) is 0 Å². The standard InChI is InChI=1S/C16H13F5N2O2/c17-15(18)25-13-7-5-12(6-8-13)23-14(24)9-22-11-3-1-10(2-4-11)16(19,20)21/h1-8,15,22H,9H2,(H,23,24). The fourth-order valence-electron chi connectivity index (χ4n) is 1.88. The van der Waals surface area contributed by atoms with Crippen molar-refractivity contribution in [2.24, 2.45) is 0 Å². The summed E-state index contributed by atoms with van der Waals surface area (Å²) in [6, 6.07) is 9.54. The van der Waals surface area contributed by atoms with Gasteiger partial charge >= 0.3 is 12.8 Å². The molecule has 0 aliphatic rings. The van der Waals surface area contributed by atoms with Gasteiger partial charge in [0.2, 0.25) is 5.91 Å². The number of hydrogen-bond donors (Lipinski definition) is 2. The van der Waals surface area contributed by atoms with Crippen molar-refractivity contribution < 1.29 is 31.5 Å². The molecule has 9 heteroatoms. The first-order chi connectivity index (χ1) is 11.7. The van der Waals surface area contributed by atoms with Crippen LogP contribution in [0.15, 0.2) is 48.5 Å². The summed E-state index contributed by atoms with van der Waals surface area (Å²) < 4.78 is 65.5. The zero-order valence-corrected chi connectivity index (χ0v) is 12.6. The molecule has 0 fully saturated rings. The number of carbonyl (C=O) groups excluding carboxylic acids is 1. The minimum absolute atomic E-state index is 0.0455. The molecule has 2 rings (SSSR count). The third-order valence-corrected chi connectivity index (χ3v) is 3.03. The van der Waals surface area contributed by atoms with Crippen LogP contribution in [0.3, 0.4) is 0 Å². The summed E-state index contributed by atoms with van der Waals surface area (Å²) in [6.07, 6.45) is -4.42. The molecule has 0 aliphatic heterocycles. The Bertz CT molecular complexity index is 700. The molecule has 0 atom stereocenters. The highest BCUT2D eigenvalue weighted by molar-refractivity contribution is 5.93. The summed E-state index contributed by atoms with van der Waals surface area (Å²) in [6.45, 7) is -3.12. The van der Waals surface area contributed by atoms with Crippen molar-refractivity contribution in [3.63, 3.8) is 0 Å². The van der Waals surface area contributed by atoms with E-state index in [0.29, 0.717) is 11.4 Å². The van der Waals surface area contributed by atoms with E-state index < -0.39 is 24.3 Å². The van der Waals surface area contributed by atoms with Crippen LogP contribution in [0.4, 0.5) is 33.3 Å². The number of anilines is 2. The number of alkyl halides is 5. The first kappa shape index (κ1) is 18.5. The van der Waals surface area contributed by atoms with Crippen LogP contribution in [0.25, 0.3) is 0 Å². The van der Waals surface area contributed by atoms with Crippen LogP contribution in [0.2, 0.25) is 0 Å². The van der Waals surface area contributed by atoms with Gasteiger partial charge in [-0.1, -0.05) is 0 Å². The largest absolute Gasteiger partial charge is 0.435 e. The highest BCUT2D eigenvalue weighted by Gasteiger charge is 2.29. The smallest absolute Gasteiger partial charge is 0.416 e. The quantitative estimate of drug-likeness (QED) is 0.753. The van der Waals surface area contributed by atoms with Crippen molar-refractivity contribution >= 4 is 17.3 Å². The van der Waals surface area contributed by atoms with E-state index in [4.69, 9.17) is 0 Å². The van der Waals surface area contributed by atoms with Crippen LogP contribution < -0.4 is 15.4 Å². The third-order valence-electron chi connectivity index (χ3n) is 3.03. The summed E-state index contributed by atoms with van der Waals surface area (Å²) in [5.41, 5.74) is -0.0710. The van der Waals surface area contributed by atoms with Gasteiger partial charge in [0.05, 0.1) is 12.1 Å². The second-order valence-corrected chi connectivity index (χ2v) is 4.88. The molecular formula is C16H13F5N2O2. The molecule has 0 radical (unpaired) electrons. The molecule has 4 nitrogen and oxygen atoms in total. The topological polar surface area (TPSA) is 50.4 Å². The SMILES string of the molecule is O=C(CNc1ccc(C(F)(F)F)cc1)Nc1ccc(OC(F)F)cc1. The molecule has 0 spiro atoms. The zero-order chi connectivity index (χ0) is 18.4. The lowest BCUT2D eigenvalue weighted by atomic mass is 10.2. The Kier molecular flexibility index (Phi) is 5.79. The number of nitrogens with one attached hydrogen (secondary N) is 2. The zero-order valence-electron chi connectivity index (χ0n) is 12.6. The van der Waals surface area contributed by atoms with Crippen molar-refractivity contribution in [1.29, 1.82) is 0 Å². The fourth-order valence-corrected chi connectivity index (χ4v) is 1.88. The average Bonchev–Trinajstić information content (AvgIpc) is 2.54.